The third-order valence-electron chi connectivity index (χ3n) is 12.9. The molecule has 5 heteroatoms. The number of fused-ring (bicyclic) bond motifs is 8. The Balaban J connectivity index is 0.990. The smallest absolute Gasteiger partial charge is 0.331 e. The minimum atomic E-state index is -0.430. The van der Waals surface area contributed by atoms with Crippen LogP contribution < -0.4 is 14.4 Å². The molecule has 0 spiro atoms. The highest BCUT2D eigenvalue weighted by Gasteiger charge is 2.42. The molecule has 0 amide bonds. The fraction of sp³-hybridized carbons (Fsp3) is 0.138. The predicted molar refractivity (Wildman–Crippen MR) is 258 cm³/mol. The van der Waals surface area contributed by atoms with Gasteiger partial charge in [-0.3, -0.25) is 4.79 Å². The van der Waals surface area contributed by atoms with Gasteiger partial charge in [-0.05, 0) is 84.4 Å². The molecule has 0 saturated heterocycles. The Morgan fingerprint density at radius 3 is 1.63 bits per heavy atom. The van der Waals surface area contributed by atoms with Crippen LogP contribution >= 0.6 is 0 Å². The zero-order valence-corrected chi connectivity index (χ0v) is 35.9. The Kier molecular flexibility index (Phi) is 9.91. The largest absolute Gasteiger partial charge is 0.426 e. The number of carbonyl (C=O) groups is 2. The first-order valence-electron chi connectivity index (χ1n) is 21.6. The normalized spacial score (nSPS) is 15.9. The van der Waals surface area contributed by atoms with Gasteiger partial charge in [0.1, 0.15) is 18.0 Å². The molecule has 1 aliphatic heterocycles. The molecule has 2 aliphatic rings. The predicted octanol–water partition coefficient (Wildman–Crippen LogP) is 13.7. The molecule has 8 aromatic rings. The van der Waals surface area contributed by atoms with Gasteiger partial charge in [0, 0.05) is 33.0 Å². The number of esters is 2. The van der Waals surface area contributed by atoms with Crippen LogP contribution in [0.1, 0.15) is 50.8 Å². The van der Waals surface area contributed by atoms with Gasteiger partial charge in [0.15, 0.2) is 0 Å². The highest BCUT2D eigenvalue weighted by Crippen LogP contribution is 2.52. The Morgan fingerprint density at radius 1 is 0.508 bits per heavy atom. The zero-order chi connectivity index (χ0) is 43.3. The maximum absolute atomic E-state index is 13.9. The summed E-state index contributed by atoms with van der Waals surface area (Å²) in [5.74, 6) is 0.459. The lowest BCUT2D eigenvalue weighted by molar-refractivity contribution is -0.133. The van der Waals surface area contributed by atoms with Crippen molar-refractivity contribution in [3.8, 4) is 11.5 Å². The summed E-state index contributed by atoms with van der Waals surface area (Å²) < 4.78 is 12.2. The summed E-state index contributed by atoms with van der Waals surface area (Å²) >= 11 is 0. The summed E-state index contributed by atoms with van der Waals surface area (Å²) in [6.07, 6.45) is 10.5. The molecule has 10 rings (SSSR count). The molecule has 5 nitrogen and oxygen atoms in total. The second-order valence-corrected chi connectivity index (χ2v) is 17.5. The van der Waals surface area contributed by atoms with E-state index in [2.05, 4.69) is 124 Å². The van der Waals surface area contributed by atoms with E-state index in [9.17, 15) is 9.59 Å². The average molecular weight is 822 g/mol. The highest BCUT2D eigenvalue weighted by molar-refractivity contribution is 6.01. The molecule has 308 valence electrons. The van der Waals surface area contributed by atoms with Gasteiger partial charge < -0.3 is 14.4 Å². The summed E-state index contributed by atoms with van der Waals surface area (Å²) in [5.41, 5.74) is 6.65. The summed E-state index contributed by atoms with van der Waals surface area (Å²) in [5, 5.41) is 8.50. The standard InChI is InChI=1S/C58H47NO4/c1-57(2)48(47(46-34-32-40-20-10-14-26-44(40)55(46)57)36-53(60)62-50-29-16-22-38-18-8-12-24-42(38)50)28-6-5-7-31-52-58(3,4)56-45-27-15-11-21-41(45)33-35-49(56)59(52)37-54(61)63-51-30-17-23-39-19-9-13-25-43(39)51/h5-35H,36-37H2,1-4H3. The fourth-order valence-electron chi connectivity index (χ4n) is 10.1. The highest BCUT2D eigenvalue weighted by atomic mass is 16.5. The monoisotopic (exact) mass is 821 g/mol. The van der Waals surface area contributed by atoms with Crippen molar-refractivity contribution >= 4 is 66.3 Å². The lowest BCUT2D eigenvalue weighted by Gasteiger charge is -2.26. The van der Waals surface area contributed by atoms with Gasteiger partial charge in [0.2, 0.25) is 0 Å². The number of nitrogens with zero attached hydrogens (tertiary/aromatic N) is 1. The van der Waals surface area contributed by atoms with Gasteiger partial charge in [-0.15, -0.1) is 0 Å². The molecule has 0 atom stereocenters. The van der Waals surface area contributed by atoms with Gasteiger partial charge in [-0.25, -0.2) is 4.79 Å². The maximum atomic E-state index is 13.9. The van der Waals surface area contributed by atoms with E-state index in [-0.39, 0.29) is 24.9 Å². The Labute approximate surface area is 367 Å². The van der Waals surface area contributed by atoms with Crippen LogP contribution in [0.25, 0.3) is 48.7 Å². The van der Waals surface area contributed by atoms with Crippen molar-refractivity contribution < 1.29 is 19.1 Å². The van der Waals surface area contributed by atoms with Gasteiger partial charge >= 0.3 is 11.9 Å². The van der Waals surface area contributed by atoms with Crippen LogP contribution in [-0.4, -0.2) is 18.5 Å². The van der Waals surface area contributed by atoms with Crippen LogP contribution in [0.5, 0.6) is 11.5 Å². The van der Waals surface area contributed by atoms with Crippen LogP contribution in [0.2, 0.25) is 0 Å². The van der Waals surface area contributed by atoms with Crippen molar-refractivity contribution in [1.29, 1.82) is 0 Å². The zero-order valence-electron chi connectivity index (χ0n) is 35.9. The third-order valence-corrected chi connectivity index (χ3v) is 12.9. The summed E-state index contributed by atoms with van der Waals surface area (Å²) in [7, 11) is 0. The Hall–Kier alpha value is -7.50. The molecule has 0 N–H and O–H groups in total. The number of benzene rings is 8. The molecular weight excluding hydrogens is 775 g/mol. The number of anilines is 1. The van der Waals surface area contributed by atoms with Crippen molar-refractivity contribution in [2.24, 2.45) is 0 Å². The van der Waals surface area contributed by atoms with Crippen LogP contribution in [0, 0.1) is 0 Å². The molecule has 63 heavy (non-hydrogen) atoms. The van der Waals surface area contributed by atoms with E-state index in [0.717, 1.165) is 65.8 Å². The van der Waals surface area contributed by atoms with Crippen molar-refractivity contribution in [3.05, 3.63) is 216 Å². The summed E-state index contributed by atoms with van der Waals surface area (Å²) in [6.45, 7) is 8.97. The minimum absolute atomic E-state index is 0.0407. The van der Waals surface area contributed by atoms with Gasteiger partial charge in [-0.1, -0.05) is 192 Å². The van der Waals surface area contributed by atoms with E-state index in [1.807, 2.05) is 97.1 Å². The lowest BCUT2D eigenvalue weighted by Crippen LogP contribution is -2.33. The molecule has 0 radical (unpaired) electrons. The van der Waals surface area contributed by atoms with E-state index in [1.54, 1.807) is 0 Å². The first-order valence-corrected chi connectivity index (χ1v) is 21.6. The number of carbonyl (C=O) groups excluding carboxylic acids is 2. The molecule has 0 saturated carbocycles. The average Bonchev–Trinajstić information content (AvgIpc) is 3.64. The Morgan fingerprint density at radius 2 is 1.02 bits per heavy atom. The van der Waals surface area contributed by atoms with Gasteiger partial charge in [0.05, 0.1) is 6.42 Å². The number of hydrogen-bond acceptors (Lipinski definition) is 5. The molecule has 0 unspecified atom stereocenters. The third kappa shape index (κ3) is 7.00. The minimum Gasteiger partial charge on any atom is -0.426 e. The van der Waals surface area contributed by atoms with E-state index < -0.39 is 10.8 Å². The summed E-state index contributed by atoms with van der Waals surface area (Å²) in [4.78, 5) is 29.9. The first kappa shape index (κ1) is 39.6. The SMILES string of the molecule is CC1(C)C(C=CC=CC=C2N(CC(=O)Oc3cccc4ccccc34)c3ccc4ccccc4c3C2(C)C)=C(CC(=O)Oc2cccc3ccccc23)c2ccc3ccccc3c21. The van der Waals surface area contributed by atoms with Crippen LogP contribution in [-0.2, 0) is 20.4 Å². The fourth-order valence-corrected chi connectivity index (χ4v) is 10.1. The summed E-state index contributed by atoms with van der Waals surface area (Å²) in [6, 6.07) is 52.9. The molecule has 0 aromatic heterocycles. The van der Waals surface area contributed by atoms with E-state index in [4.69, 9.17) is 9.47 Å². The molecule has 0 fully saturated rings. The van der Waals surface area contributed by atoms with Crippen molar-refractivity contribution in [1.82, 2.24) is 0 Å². The molecule has 8 aromatic carbocycles. The van der Waals surface area contributed by atoms with Crippen molar-refractivity contribution in [2.75, 3.05) is 11.4 Å². The number of allylic oxidation sites excluding steroid dienone is 7. The van der Waals surface area contributed by atoms with Crippen LogP contribution in [0.4, 0.5) is 5.69 Å². The van der Waals surface area contributed by atoms with E-state index >= 15 is 0 Å². The number of ether oxygens (including phenoxy) is 2. The van der Waals surface area contributed by atoms with Crippen molar-refractivity contribution in [3.63, 3.8) is 0 Å². The van der Waals surface area contributed by atoms with E-state index in [0.29, 0.717) is 11.5 Å². The van der Waals surface area contributed by atoms with Gasteiger partial charge in [0.25, 0.3) is 0 Å². The van der Waals surface area contributed by atoms with Gasteiger partial charge in [-0.2, -0.15) is 0 Å². The molecule has 1 heterocycles. The first-order chi connectivity index (χ1) is 30.6. The maximum Gasteiger partial charge on any atom is 0.331 e. The molecular formula is C58H47NO4. The van der Waals surface area contributed by atoms with Crippen molar-refractivity contribution in [2.45, 2.75) is 44.9 Å². The number of rotatable bonds is 9. The number of hydrogen-bond donors (Lipinski definition) is 0. The van der Waals surface area contributed by atoms with Crippen LogP contribution in [0.3, 0.4) is 0 Å². The molecule has 0 bridgehead atoms. The second kappa shape index (κ2) is 15.8. The van der Waals surface area contributed by atoms with E-state index in [1.165, 1.54) is 16.5 Å². The topological polar surface area (TPSA) is 55.8 Å². The molecule has 1 aliphatic carbocycles. The second-order valence-electron chi connectivity index (χ2n) is 17.5. The quantitative estimate of drug-likeness (QED) is 0.0825. The Bertz CT molecular complexity index is 3280. The van der Waals surface area contributed by atoms with Crippen LogP contribution in [0.15, 0.2) is 199 Å². The lowest BCUT2D eigenvalue weighted by atomic mass is 9.79.